The number of quaternary nitrogens is 1. The van der Waals surface area contributed by atoms with Crippen molar-refractivity contribution in [2.24, 2.45) is 0 Å². The summed E-state index contributed by atoms with van der Waals surface area (Å²) in [5.41, 5.74) is -3.02. The molecule has 0 saturated heterocycles. The van der Waals surface area contributed by atoms with Gasteiger partial charge in [0.2, 0.25) is 0 Å². The van der Waals surface area contributed by atoms with Gasteiger partial charge in [0.05, 0.1) is 59.6 Å². The Kier molecular flexibility index (Phi) is 11.8. The van der Waals surface area contributed by atoms with Crippen molar-refractivity contribution in [2.45, 2.75) is 50.4 Å². The maximum absolute atomic E-state index is 12.1. The molecule has 0 heterocycles. The van der Waals surface area contributed by atoms with E-state index in [1.807, 2.05) is 21.1 Å². The molecule has 0 bridgehead atoms. The molecule has 0 radical (unpaired) electrons. The van der Waals surface area contributed by atoms with Crippen LogP contribution in [0.25, 0.3) is 0 Å². The number of esters is 2. The van der Waals surface area contributed by atoms with Crippen molar-refractivity contribution in [3.05, 3.63) is 0 Å². The van der Waals surface area contributed by atoms with E-state index in [0.717, 1.165) is 0 Å². The van der Waals surface area contributed by atoms with E-state index in [-0.39, 0.29) is 19.6 Å². The number of hydrogen-bond donors (Lipinski definition) is 3. The summed E-state index contributed by atoms with van der Waals surface area (Å²) in [4.78, 5) is 57.1. The van der Waals surface area contributed by atoms with Gasteiger partial charge in [0.25, 0.3) is 0 Å². The molecule has 0 aromatic carbocycles. The fourth-order valence-corrected chi connectivity index (χ4v) is 2.31. The highest BCUT2D eigenvalue weighted by molar-refractivity contribution is 5.87. The highest BCUT2D eigenvalue weighted by atomic mass is 16.6. The lowest BCUT2D eigenvalue weighted by Crippen LogP contribution is -2.51. The van der Waals surface area contributed by atoms with Crippen LogP contribution in [0.4, 0.5) is 0 Å². The average molecular weight is 465 g/mol. The van der Waals surface area contributed by atoms with Crippen LogP contribution in [-0.2, 0) is 38.2 Å². The van der Waals surface area contributed by atoms with Crippen molar-refractivity contribution in [2.75, 3.05) is 40.9 Å². The van der Waals surface area contributed by atoms with Crippen LogP contribution < -0.4 is 5.11 Å². The normalized spacial score (nSPS) is 15.2. The molecule has 184 valence electrons. The summed E-state index contributed by atoms with van der Waals surface area (Å²) in [5, 5.41) is 38.7. The van der Waals surface area contributed by atoms with Crippen LogP contribution in [0.5, 0.6) is 0 Å². The lowest BCUT2D eigenvalue weighted by molar-refractivity contribution is -0.870. The Balaban J connectivity index is 5.21. The zero-order valence-corrected chi connectivity index (χ0v) is 18.6. The Hall–Kier alpha value is -2.77. The van der Waals surface area contributed by atoms with Gasteiger partial charge < -0.3 is 43.9 Å². The predicted octanol–water partition coefficient (Wildman–Crippen LogP) is -2.24. The molecule has 0 aliphatic rings. The molecule has 0 spiro atoms. The minimum Gasteiger partial charge on any atom is -0.547 e. The van der Waals surface area contributed by atoms with Crippen LogP contribution in [0.1, 0.15) is 32.6 Å². The minimum absolute atomic E-state index is 0.000635. The summed E-state index contributed by atoms with van der Waals surface area (Å²) in [7, 11) is 5.70. The van der Waals surface area contributed by atoms with Crippen molar-refractivity contribution in [1.29, 1.82) is 0 Å². The summed E-state index contributed by atoms with van der Waals surface area (Å²) >= 11 is 0. The second-order valence-corrected chi connectivity index (χ2v) is 8.20. The summed E-state index contributed by atoms with van der Waals surface area (Å²) in [6, 6.07) is 0. The average Bonchev–Trinajstić information content (AvgIpc) is 2.60. The second kappa shape index (κ2) is 12.9. The van der Waals surface area contributed by atoms with Gasteiger partial charge in [0, 0.05) is 0 Å². The quantitative estimate of drug-likeness (QED) is 0.126. The van der Waals surface area contributed by atoms with Crippen LogP contribution in [0, 0.1) is 0 Å². The van der Waals surface area contributed by atoms with Gasteiger partial charge in [-0.15, -0.1) is 0 Å². The first-order valence-electron chi connectivity index (χ1n) is 9.75. The SMILES string of the molecule is CCC(OC(=O)CC(COCC[N+](C)(C)C)OC(=O)CC(O)(CC(=O)O)C(=O)[O-])C(=O)O. The number of likely N-dealkylation sites (N-methyl/N-ethyl adjacent to an activating group) is 1. The number of aliphatic hydroxyl groups is 1. The van der Waals surface area contributed by atoms with Gasteiger partial charge in [-0.05, 0) is 6.42 Å². The minimum atomic E-state index is -3.02. The molecule has 0 fully saturated rings. The molecule has 0 aliphatic heterocycles. The summed E-state index contributed by atoms with van der Waals surface area (Å²) in [6.07, 6.45) is -5.88. The maximum atomic E-state index is 12.1. The molecule has 0 aromatic rings. The number of carbonyl (C=O) groups excluding carboxylic acids is 3. The van der Waals surface area contributed by atoms with Gasteiger partial charge >= 0.3 is 23.9 Å². The number of rotatable bonds is 16. The number of carbonyl (C=O) groups is 5. The first kappa shape index (κ1) is 29.2. The highest BCUT2D eigenvalue weighted by Gasteiger charge is 2.36. The van der Waals surface area contributed by atoms with Crippen molar-refractivity contribution in [1.82, 2.24) is 0 Å². The van der Waals surface area contributed by atoms with E-state index in [4.69, 9.17) is 24.4 Å². The predicted molar refractivity (Wildman–Crippen MR) is 103 cm³/mol. The molecule has 0 rings (SSSR count). The molecular formula is C19H31NO12. The van der Waals surface area contributed by atoms with Crippen LogP contribution in [0.2, 0.25) is 0 Å². The molecule has 0 amide bonds. The van der Waals surface area contributed by atoms with E-state index >= 15 is 0 Å². The molecule has 0 aromatic heterocycles. The molecule has 0 aliphatic carbocycles. The number of aliphatic carboxylic acids is 3. The maximum Gasteiger partial charge on any atom is 0.345 e. The number of carboxylic acid groups (broad SMARTS) is 3. The monoisotopic (exact) mass is 465 g/mol. The second-order valence-electron chi connectivity index (χ2n) is 8.20. The number of nitrogens with zero attached hydrogens (tertiary/aromatic N) is 1. The summed E-state index contributed by atoms with van der Waals surface area (Å²) < 4.78 is 15.7. The summed E-state index contributed by atoms with van der Waals surface area (Å²) in [5.74, 6) is -7.56. The standard InChI is InChI=1S/C19H31NO12/c1-5-13(17(25)26)32-15(23)8-12(11-30-7-6-20(2,3)4)31-16(24)10-19(29,18(27)28)9-14(21)22/h12-13,29H,5-11H2,1-4H3,(H2-,21,22,25,26,27,28). The van der Waals surface area contributed by atoms with Gasteiger partial charge in [-0.2, -0.15) is 0 Å². The van der Waals surface area contributed by atoms with Crippen LogP contribution in [-0.4, -0.2) is 108 Å². The molecule has 13 heteroatoms. The van der Waals surface area contributed by atoms with Gasteiger partial charge in [-0.25, -0.2) is 4.79 Å². The third-order valence-electron chi connectivity index (χ3n) is 4.08. The van der Waals surface area contributed by atoms with E-state index in [0.29, 0.717) is 11.0 Å². The molecular weight excluding hydrogens is 434 g/mol. The molecule has 32 heavy (non-hydrogen) atoms. The van der Waals surface area contributed by atoms with Crippen LogP contribution in [0.3, 0.4) is 0 Å². The van der Waals surface area contributed by atoms with Crippen molar-refractivity contribution < 1.29 is 63.1 Å². The fourth-order valence-electron chi connectivity index (χ4n) is 2.31. The Morgan fingerprint density at radius 2 is 1.59 bits per heavy atom. The zero-order valence-electron chi connectivity index (χ0n) is 18.6. The van der Waals surface area contributed by atoms with E-state index in [1.54, 1.807) is 0 Å². The first-order valence-corrected chi connectivity index (χ1v) is 9.75. The largest absolute Gasteiger partial charge is 0.547 e. The van der Waals surface area contributed by atoms with E-state index in [1.165, 1.54) is 6.92 Å². The zero-order chi connectivity index (χ0) is 25.1. The molecule has 3 unspecified atom stereocenters. The molecule has 3 atom stereocenters. The van der Waals surface area contributed by atoms with Crippen molar-refractivity contribution in [3.8, 4) is 0 Å². The Morgan fingerprint density at radius 1 is 1.00 bits per heavy atom. The third kappa shape index (κ3) is 12.2. The number of hydrogen-bond acceptors (Lipinski definition) is 10. The van der Waals surface area contributed by atoms with E-state index in [9.17, 15) is 34.2 Å². The lowest BCUT2D eigenvalue weighted by atomic mass is 9.96. The Bertz CT molecular complexity index is 686. The van der Waals surface area contributed by atoms with E-state index in [2.05, 4.69) is 0 Å². The molecule has 3 N–H and O–H groups in total. The Labute approximate surface area is 185 Å². The van der Waals surface area contributed by atoms with Gasteiger partial charge in [0.1, 0.15) is 18.2 Å². The van der Waals surface area contributed by atoms with Crippen molar-refractivity contribution in [3.63, 3.8) is 0 Å². The fraction of sp³-hybridized carbons (Fsp3) is 0.737. The molecule has 13 nitrogen and oxygen atoms in total. The summed E-state index contributed by atoms with van der Waals surface area (Å²) in [6.45, 7) is 1.94. The van der Waals surface area contributed by atoms with E-state index < -0.39 is 66.9 Å². The van der Waals surface area contributed by atoms with Crippen LogP contribution >= 0.6 is 0 Å². The van der Waals surface area contributed by atoms with Gasteiger partial charge in [0.15, 0.2) is 6.10 Å². The van der Waals surface area contributed by atoms with Gasteiger partial charge in [-0.1, -0.05) is 6.92 Å². The molecule has 0 saturated carbocycles. The van der Waals surface area contributed by atoms with Crippen LogP contribution in [0.15, 0.2) is 0 Å². The van der Waals surface area contributed by atoms with Crippen molar-refractivity contribution >= 4 is 29.8 Å². The Morgan fingerprint density at radius 3 is 2.03 bits per heavy atom. The number of carboxylic acids is 3. The topological polar surface area (TPSA) is 197 Å². The number of ether oxygens (including phenoxy) is 3. The lowest BCUT2D eigenvalue weighted by Gasteiger charge is -2.27. The highest BCUT2D eigenvalue weighted by Crippen LogP contribution is 2.17. The smallest absolute Gasteiger partial charge is 0.345 e. The first-order chi connectivity index (χ1) is 14.6. The third-order valence-corrected chi connectivity index (χ3v) is 4.08. The van der Waals surface area contributed by atoms with Gasteiger partial charge in [-0.3, -0.25) is 14.4 Å².